The molecule has 1 heterocycles. The Hall–Kier alpha value is -1.78. The molecule has 0 bridgehead atoms. The number of nitrogens with one attached hydrogen (secondary N) is 1. The van der Waals surface area contributed by atoms with Crippen LogP contribution in [0.3, 0.4) is 0 Å². The zero-order valence-corrected chi connectivity index (χ0v) is 7.61. The quantitative estimate of drug-likeness (QED) is 0.635. The second-order valence-corrected chi connectivity index (χ2v) is 2.64. The number of nitrogens with two attached hydrogens (primary N) is 1. The summed E-state index contributed by atoms with van der Waals surface area (Å²) in [6, 6.07) is 3.46. The largest absolute Gasteiger partial charge is 0.396 e. The number of carbonyl (C=O) groups is 1. The zero-order chi connectivity index (χ0) is 9.84. The number of pyridine rings is 1. The van der Waals surface area contributed by atoms with Gasteiger partial charge in [0.2, 0.25) is 5.91 Å². The van der Waals surface area contributed by atoms with Crippen molar-refractivity contribution < 1.29 is 4.79 Å². The highest BCUT2D eigenvalue weighted by atomic mass is 16.2. The zero-order valence-electron chi connectivity index (χ0n) is 7.61. The van der Waals surface area contributed by atoms with Crippen LogP contribution in [0, 0.1) is 0 Å². The van der Waals surface area contributed by atoms with E-state index in [0.29, 0.717) is 11.5 Å². The van der Waals surface area contributed by atoms with Crippen molar-refractivity contribution in [1.82, 2.24) is 10.4 Å². The summed E-state index contributed by atoms with van der Waals surface area (Å²) in [5.74, 6) is 0.380. The number of hydrogen-bond donors (Lipinski definition) is 2. The molecule has 0 saturated carbocycles. The average molecular weight is 180 g/mol. The SMILES string of the molecule is CC(=O)NN(C)c1ncccc1N. The van der Waals surface area contributed by atoms with Crippen LogP contribution in [0.1, 0.15) is 6.92 Å². The lowest BCUT2D eigenvalue weighted by Crippen LogP contribution is -2.38. The monoisotopic (exact) mass is 180 g/mol. The molecule has 13 heavy (non-hydrogen) atoms. The second kappa shape index (κ2) is 3.75. The van der Waals surface area contributed by atoms with Crippen LogP contribution in [0.15, 0.2) is 18.3 Å². The van der Waals surface area contributed by atoms with Gasteiger partial charge < -0.3 is 5.73 Å². The molecule has 3 N–H and O–H groups in total. The first-order valence-corrected chi connectivity index (χ1v) is 3.82. The Balaban J connectivity index is 2.82. The molecule has 0 aromatic carbocycles. The third-order valence-corrected chi connectivity index (χ3v) is 1.46. The molecule has 0 aliphatic heterocycles. The predicted octanol–water partition coefficient (Wildman–Crippen LogP) is 0.151. The van der Waals surface area contributed by atoms with Crippen molar-refractivity contribution in [2.75, 3.05) is 17.8 Å². The Morgan fingerprint density at radius 2 is 2.38 bits per heavy atom. The number of nitrogen functional groups attached to an aromatic ring is 1. The van der Waals surface area contributed by atoms with Gasteiger partial charge in [0.05, 0.1) is 5.69 Å². The maximum Gasteiger partial charge on any atom is 0.235 e. The number of carbonyl (C=O) groups excluding carboxylic acids is 1. The van der Waals surface area contributed by atoms with Gasteiger partial charge in [-0.25, -0.2) is 4.98 Å². The van der Waals surface area contributed by atoms with E-state index in [-0.39, 0.29) is 5.91 Å². The number of hydrazine groups is 1. The first-order chi connectivity index (χ1) is 6.11. The van der Waals surface area contributed by atoms with E-state index in [1.54, 1.807) is 25.4 Å². The lowest BCUT2D eigenvalue weighted by atomic mass is 10.4. The van der Waals surface area contributed by atoms with Crippen LogP contribution in [0.2, 0.25) is 0 Å². The minimum Gasteiger partial charge on any atom is -0.396 e. The molecule has 70 valence electrons. The number of hydrogen-bond acceptors (Lipinski definition) is 4. The van der Waals surface area contributed by atoms with Crippen LogP contribution in [-0.4, -0.2) is 17.9 Å². The van der Waals surface area contributed by atoms with E-state index in [1.165, 1.54) is 11.9 Å². The van der Waals surface area contributed by atoms with Crippen molar-refractivity contribution >= 4 is 17.4 Å². The normalized spacial score (nSPS) is 9.38. The standard InChI is InChI=1S/C8H12N4O/c1-6(13)11-12(2)8-7(9)4-3-5-10-8/h3-5H,9H2,1-2H3,(H,11,13). The third-order valence-electron chi connectivity index (χ3n) is 1.46. The van der Waals surface area contributed by atoms with Crippen molar-refractivity contribution in [3.8, 4) is 0 Å². The van der Waals surface area contributed by atoms with Crippen LogP contribution >= 0.6 is 0 Å². The van der Waals surface area contributed by atoms with Gasteiger partial charge in [0, 0.05) is 20.2 Å². The minimum absolute atomic E-state index is 0.160. The van der Waals surface area contributed by atoms with Crippen molar-refractivity contribution in [3.63, 3.8) is 0 Å². The lowest BCUT2D eigenvalue weighted by molar-refractivity contribution is -0.119. The molecular formula is C8H12N4O. The summed E-state index contributed by atoms with van der Waals surface area (Å²) >= 11 is 0. The van der Waals surface area contributed by atoms with E-state index in [0.717, 1.165) is 0 Å². The Morgan fingerprint density at radius 3 is 2.92 bits per heavy atom. The maximum absolute atomic E-state index is 10.7. The van der Waals surface area contributed by atoms with Gasteiger partial charge in [0.15, 0.2) is 5.82 Å². The molecule has 0 aliphatic carbocycles. The summed E-state index contributed by atoms with van der Waals surface area (Å²) in [5, 5.41) is 1.48. The molecule has 0 radical (unpaired) electrons. The van der Waals surface area contributed by atoms with Crippen LogP contribution in [0.4, 0.5) is 11.5 Å². The molecule has 5 nitrogen and oxygen atoms in total. The average Bonchev–Trinajstić information content (AvgIpc) is 2.03. The first-order valence-electron chi connectivity index (χ1n) is 3.82. The van der Waals surface area contributed by atoms with Crippen LogP contribution in [0.5, 0.6) is 0 Å². The van der Waals surface area contributed by atoms with Gasteiger partial charge in [0.25, 0.3) is 0 Å². The van der Waals surface area contributed by atoms with Crippen molar-refractivity contribution in [3.05, 3.63) is 18.3 Å². The predicted molar refractivity (Wildman–Crippen MR) is 50.9 cm³/mol. The number of amides is 1. The summed E-state index contributed by atoms with van der Waals surface area (Å²) < 4.78 is 0. The van der Waals surface area contributed by atoms with E-state index in [1.807, 2.05) is 0 Å². The summed E-state index contributed by atoms with van der Waals surface area (Å²) in [7, 11) is 1.68. The number of anilines is 2. The van der Waals surface area contributed by atoms with Gasteiger partial charge in [-0.1, -0.05) is 0 Å². The highest BCUT2D eigenvalue weighted by molar-refractivity contribution is 5.76. The third kappa shape index (κ3) is 2.33. The molecular weight excluding hydrogens is 168 g/mol. The van der Waals surface area contributed by atoms with E-state index in [2.05, 4.69) is 10.4 Å². The molecule has 1 rings (SSSR count). The molecule has 0 aliphatic rings. The fourth-order valence-electron chi connectivity index (χ4n) is 0.979. The van der Waals surface area contributed by atoms with Crippen LogP contribution in [-0.2, 0) is 4.79 Å². The fourth-order valence-corrected chi connectivity index (χ4v) is 0.979. The summed E-state index contributed by atoms with van der Waals surface area (Å²) in [5.41, 5.74) is 8.72. The van der Waals surface area contributed by atoms with E-state index < -0.39 is 0 Å². The molecule has 1 amide bonds. The smallest absolute Gasteiger partial charge is 0.235 e. The molecule has 0 fully saturated rings. The topological polar surface area (TPSA) is 71.2 Å². The maximum atomic E-state index is 10.7. The van der Waals surface area contributed by atoms with Gasteiger partial charge >= 0.3 is 0 Å². The first kappa shape index (κ1) is 9.31. The highest BCUT2D eigenvalue weighted by Crippen LogP contribution is 2.15. The Kier molecular flexibility index (Phi) is 2.69. The van der Waals surface area contributed by atoms with Gasteiger partial charge in [-0.2, -0.15) is 0 Å². The molecule has 0 saturated heterocycles. The number of rotatable bonds is 2. The van der Waals surface area contributed by atoms with Crippen molar-refractivity contribution in [1.29, 1.82) is 0 Å². The lowest BCUT2D eigenvalue weighted by Gasteiger charge is -2.19. The summed E-state index contributed by atoms with van der Waals surface area (Å²) in [4.78, 5) is 14.7. The number of nitrogens with zero attached hydrogens (tertiary/aromatic N) is 2. The van der Waals surface area contributed by atoms with Gasteiger partial charge in [-0.3, -0.25) is 15.2 Å². The van der Waals surface area contributed by atoms with Crippen LogP contribution < -0.4 is 16.2 Å². The summed E-state index contributed by atoms with van der Waals surface area (Å²) in [6.07, 6.45) is 1.62. The molecule has 1 aromatic heterocycles. The minimum atomic E-state index is -0.160. The van der Waals surface area contributed by atoms with E-state index in [9.17, 15) is 4.79 Å². The molecule has 5 heteroatoms. The van der Waals surface area contributed by atoms with E-state index >= 15 is 0 Å². The van der Waals surface area contributed by atoms with Crippen molar-refractivity contribution in [2.45, 2.75) is 6.92 Å². The molecule has 0 atom stereocenters. The molecule has 0 spiro atoms. The molecule has 1 aromatic rings. The Labute approximate surface area is 76.5 Å². The van der Waals surface area contributed by atoms with Gasteiger partial charge in [-0.05, 0) is 12.1 Å². The van der Waals surface area contributed by atoms with Gasteiger partial charge in [0.1, 0.15) is 0 Å². The Morgan fingerprint density at radius 1 is 1.69 bits per heavy atom. The second-order valence-electron chi connectivity index (χ2n) is 2.64. The van der Waals surface area contributed by atoms with Crippen molar-refractivity contribution in [2.24, 2.45) is 0 Å². The summed E-state index contributed by atoms with van der Waals surface area (Å²) in [6.45, 7) is 1.43. The Bertz CT molecular complexity index is 313. The van der Waals surface area contributed by atoms with E-state index in [4.69, 9.17) is 5.73 Å². The fraction of sp³-hybridized carbons (Fsp3) is 0.250. The number of aromatic nitrogens is 1. The van der Waals surface area contributed by atoms with Crippen LogP contribution in [0.25, 0.3) is 0 Å². The highest BCUT2D eigenvalue weighted by Gasteiger charge is 2.05. The molecule has 0 unspecified atom stereocenters. The van der Waals surface area contributed by atoms with Gasteiger partial charge in [-0.15, -0.1) is 0 Å².